The van der Waals surface area contributed by atoms with E-state index >= 15 is 0 Å². The Morgan fingerprint density at radius 1 is 1.16 bits per heavy atom. The van der Waals surface area contributed by atoms with Gasteiger partial charge in [0.25, 0.3) is 5.56 Å². The lowest BCUT2D eigenvalue weighted by molar-refractivity contribution is -0.116. The van der Waals surface area contributed by atoms with E-state index in [0.29, 0.717) is 29.1 Å². The summed E-state index contributed by atoms with van der Waals surface area (Å²) in [5.41, 5.74) is 1.57. The lowest BCUT2D eigenvalue weighted by Crippen LogP contribution is -2.28. The summed E-state index contributed by atoms with van der Waals surface area (Å²) in [4.78, 5) is 28.7. The molecule has 1 heterocycles. The smallest absolute Gasteiger partial charge is 0.269 e. The Morgan fingerprint density at radius 3 is 2.76 bits per heavy atom. The van der Waals surface area contributed by atoms with Crippen molar-refractivity contribution in [2.24, 2.45) is 0 Å². The average molecular weight is 337 g/mol. The van der Waals surface area contributed by atoms with Crippen molar-refractivity contribution < 1.29 is 9.53 Å². The number of benzene rings is 2. The van der Waals surface area contributed by atoms with Gasteiger partial charge in [0.15, 0.2) is 0 Å². The van der Waals surface area contributed by atoms with Gasteiger partial charge >= 0.3 is 0 Å². The molecule has 3 aromatic rings. The molecule has 1 N–H and O–H groups in total. The van der Waals surface area contributed by atoms with Crippen LogP contribution in [0.4, 0.5) is 5.69 Å². The van der Waals surface area contributed by atoms with Crippen LogP contribution in [0.25, 0.3) is 11.0 Å². The molecule has 0 spiro atoms. The molecule has 0 saturated heterocycles. The number of rotatable bonds is 6. The topological polar surface area (TPSA) is 73.2 Å². The van der Waals surface area contributed by atoms with Crippen LogP contribution >= 0.6 is 0 Å². The predicted octanol–water partition coefficient (Wildman–Crippen LogP) is 2.82. The quantitative estimate of drug-likeness (QED) is 0.751. The average Bonchev–Trinajstić information content (AvgIpc) is 2.63. The highest BCUT2D eigenvalue weighted by Crippen LogP contribution is 2.23. The zero-order chi connectivity index (χ0) is 17.6. The number of ether oxygens (including phenoxy) is 1. The van der Waals surface area contributed by atoms with Crippen LogP contribution in [0.3, 0.4) is 0 Å². The monoisotopic (exact) mass is 337 g/mol. The minimum absolute atomic E-state index is 0.0933. The number of carbonyl (C=O) groups is 1. The Balaban J connectivity index is 1.83. The van der Waals surface area contributed by atoms with Gasteiger partial charge in [0, 0.05) is 0 Å². The van der Waals surface area contributed by atoms with Crippen LogP contribution in [0.2, 0.25) is 0 Å². The molecule has 3 rings (SSSR count). The van der Waals surface area contributed by atoms with Crippen molar-refractivity contribution in [3.05, 3.63) is 65.1 Å². The summed E-state index contributed by atoms with van der Waals surface area (Å²) in [6, 6.07) is 14.5. The van der Waals surface area contributed by atoms with Crippen LogP contribution < -0.4 is 15.6 Å². The molecule has 0 bridgehead atoms. The third-order valence-electron chi connectivity index (χ3n) is 3.68. The van der Waals surface area contributed by atoms with Gasteiger partial charge in [-0.25, -0.2) is 4.98 Å². The zero-order valence-electron chi connectivity index (χ0n) is 13.9. The van der Waals surface area contributed by atoms with E-state index in [1.807, 2.05) is 31.2 Å². The molecule has 0 atom stereocenters. The summed E-state index contributed by atoms with van der Waals surface area (Å²) in [5, 5.41) is 2.82. The molecule has 0 saturated carbocycles. The molecule has 0 radical (unpaired) electrons. The Bertz CT molecular complexity index is 950. The lowest BCUT2D eigenvalue weighted by atomic mass is 10.2. The molecule has 0 fully saturated rings. The number of para-hydroxylation sites is 4. The minimum Gasteiger partial charge on any atom is -0.491 e. The normalized spacial score (nSPS) is 10.6. The molecule has 0 aliphatic carbocycles. The van der Waals surface area contributed by atoms with Crippen molar-refractivity contribution in [1.82, 2.24) is 9.55 Å². The van der Waals surface area contributed by atoms with E-state index in [0.717, 1.165) is 6.42 Å². The van der Waals surface area contributed by atoms with Crippen LogP contribution in [-0.2, 0) is 11.3 Å². The molecule has 1 aromatic heterocycles. The number of hydrogen-bond acceptors (Lipinski definition) is 4. The summed E-state index contributed by atoms with van der Waals surface area (Å²) >= 11 is 0. The Kier molecular flexibility index (Phi) is 5.09. The zero-order valence-corrected chi connectivity index (χ0v) is 13.9. The van der Waals surface area contributed by atoms with E-state index in [-0.39, 0.29) is 18.0 Å². The van der Waals surface area contributed by atoms with E-state index < -0.39 is 0 Å². The number of carbonyl (C=O) groups excluding carboxylic acids is 1. The first-order valence-electron chi connectivity index (χ1n) is 8.15. The number of nitrogens with zero attached hydrogens (tertiary/aromatic N) is 2. The standard InChI is InChI=1S/C19H19N3O3/c1-2-11-25-17-10-6-4-8-15(17)21-18(23)13-22-16-9-5-3-7-14(16)20-12-19(22)24/h3-10,12H,2,11,13H2,1H3,(H,21,23). The first-order valence-corrected chi connectivity index (χ1v) is 8.15. The van der Waals surface area contributed by atoms with Crippen LogP contribution in [0.1, 0.15) is 13.3 Å². The number of fused-ring (bicyclic) bond motifs is 1. The summed E-state index contributed by atoms with van der Waals surface area (Å²) in [5.74, 6) is 0.315. The summed E-state index contributed by atoms with van der Waals surface area (Å²) in [6.07, 6.45) is 2.11. The van der Waals surface area contributed by atoms with Gasteiger partial charge < -0.3 is 10.1 Å². The number of nitrogens with one attached hydrogen (secondary N) is 1. The SMILES string of the molecule is CCCOc1ccccc1NC(=O)Cn1c(=O)cnc2ccccc21. The molecule has 0 aliphatic heterocycles. The van der Waals surface area contributed by atoms with E-state index in [1.165, 1.54) is 10.8 Å². The van der Waals surface area contributed by atoms with E-state index in [2.05, 4.69) is 10.3 Å². The highest BCUT2D eigenvalue weighted by Gasteiger charge is 2.11. The van der Waals surface area contributed by atoms with Gasteiger partial charge in [-0.05, 0) is 30.7 Å². The van der Waals surface area contributed by atoms with Crippen LogP contribution in [0.5, 0.6) is 5.75 Å². The molecule has 6 heteroatoms. The summed E-state index contributed by atoms with van der Waals surface area (Å²) < 4.78 is 7.05. The van der Waals surface area contributed by atoms with Crippen molar-refractivity contribution >= 4 is 22.6 Å². The number of aromatic nitrogens is 2. The van der Waals surface area contributed by atoms with E-state index in [9.17, 15) is 9.59 Å². The predicted molar refractivity (Wildman–Crippen MR) is 96.9 cm³/mol. The second kappa shape index (κ2) is 7.61. The van der Waals surface area contributed by atoms with Gasteiger partial charge in [-0.3, -0.25) is 14.2 Å². The van der Waals surface area contributed by atoms with Crippen molar-refractivity contribution in [3.8, 4) is 5.75 Å². The highest BCUT2D eigenvalue weighted by molar-refractivity contribution is 5.92. The third-order valence-corrected chi connectivity index (χ3v) is 3.68. The van der Waals surface area contributed by atoms with Crippen LogP contribution in [0.15, 0.2) is 59.5 Å². The first-order chi connectivity index (χ1) is 12.2. The maximum Gasteiger partial charge on any atom is 0.269 e. The fourth-order valence-electron chi connectivity index (χ4n) is 2.52. The van der Waals surface area contributed by atoms with Crippen molar-refractivity contribution in [2.45, 2.75) is 19.9 Å². The number of anilines is 1. The van der Waals surface area contributed by atoms with Crippen molar-refractivity contribution in [2.75, 3.05) is 11.9 Å². The van der Waals surface area contributed by atoms with Crippen LogP contribution in [-0.4, -0.2) is 22.1 Å². The van der Waals surface area contributed by atoms with Gasteiger partial charge in [-0.15, -0.1) is 0 Å². The molecule has 2 aromatic carbocycles. The maximum absolute atomic E-state index is 12.5. The van der Waals surface area contributed by atoms with Gasteiger partial charge in [0.2, 0.25) is 5.91 Å². The van der Waals surface area contributed by atoms with E-state index in [1.54, 1.807) is 24.3 Å². The fourth-order valence-corrected chi connectivity index (χ4v) is 2.52. The van der Waals surface area contributed by atoms with Gasteiger partial charge in [-0.2, -0.15) is 0 Å². The molecular formula is C19H19N3O3. The molecule has 25 heavy (non-hydrogen) atoms. The van der Waals surface area contributed by atoms with Crippen LogP contribution in [0, 0.1) is 0 Å². The van der Waals surface area contributed by atoms with Crippen molar-refractivity contribution in [1.29, 1.82) is 0 Å². The second-order valence-corrected chi connectivity index (χ2v) is 5.56. The summed E-state index contributed by atoms with van der Waals surface area (Å²) in [7, 11) is 0. The number of hydrogen-bond donors (Lipinski definition) is 1. The minimum atomic E-state index is -0.315. The molecule has 0 unspecified atom stereocenters. The van der Waals surface area contributed by atoms with Gasteiger partial charge in [0.1, 0.15) is 12.3 Å². The van der Waals surface area contributed by atoms with Crippen molar-refractivity contribution in [3.63, 3.8) is 0 Å². The fraction of sp³-hybridized carbons (Fsp3) is 0.211. The largest absolute Gasteiger partial charge is 0.491 e. The van der Waals surface area contributed by atoms with E-state index in [4.69, 9.17) is 4.74 Å². The maximum atomic E-state index is 12.5. The van der Waals surface area contributed by atoms with Gasteiger partial charge in [0.05, 0.1) is 29.5 Å². The first kappa shape index (κ1) is 16.7. The number of amides is 1. The Morgan fingerprint density at radius 2 is 1.92 bits per heavy atom. The molecule has 0 aliphatic rings. The molecular weight excluding hydrogens is 318 g/mol. The highest BCUT2D eigenvalue weighted by atomic mass is 16.5. The Labute approximate surface area is 145 Å². The Hall–Kier alpha value is -3.15. The molecule has 1 amide bonds. The molecule has 6 nitrogen and oxygen atoms in total. The third kappa shape index (κ3) is 3.85. The van der Waals surface area contributed by atoms with Gasteiger partial charge in [-0.1, -0.05) is 31.2 Å². The summed E-state index contributed by atoms with van der Waals surface area (Å²) in [6.45, 7) is 2.49. The lowest BCUT2D eigenvalue weighted by Gasteiger charge is -2.13. The molecule has 128 valence electrons. The second-order valence-electron chi connectivity index (χ2n) is 5.56.